The highest BCUT2D eigenvalue weighted by atomic mass is 16.6. The van der Waals surface area contributed by atoms with Crippen LogP contribution in [0.1, 0.15) is 32.8 Å². The summed E-state index contributed by atoms with van der Waals surface area (Å²) in [5.74, 6) is -0.190. The molecule has 1 aromatic carbocycles. The maximum atomic E-state index is 12.9. The minimum absolute atomic E-state index is 0.190. The Labute approximate surface area is 145 Å². The third kappa shape index (κ3) is 5.30. The second-order valence-electron chi connectivity index (χ2n) is 7.45. The highest BCUT2D eigenvalue weighted by Crippen LogP contribution is 2.23. The Morgan fingerprint density at radius 3 is 2.62 bits per heavy atom. The van der Waals surface area contributed by atoms with E-state index in [4.69, 9.17) is 9.47 Å². The smallest absolute Gasteiger partial charge is 0.328 e. The molecule has 0 spiro atoms. The number of hydrogen-bond donors (Lipinski definition) is 1. The van der Waals surface area contributed by atoms with Gasteiger partial charge in [-0.15, -0.1) is 0 Å². The molecule has 1 fully saturated rings. The van der Waals surface area contributed by atoms with E-state index in [0.29, 0.717) is 19.6 Å². The molecule has 1 aliphatic heterocycles. The zero-order chi connectivity index (χ0) is 17.6. The van der Waals surface area contributed by atoms with Crippen molar-refractivity contribution in [1.29, 1.82) is 0 Å². The summed E-state index contributed by atoms with van der Waals surface area (Å²) in [5, 5.41) is 3.41. The number of piperazine rings is 1. The van der Waals surface area contributed by atoms with Crippen LogP contribution in [0.2, 0.25) is 0 Å². The van der Waals surface area contributed by atoms with Gasteiger partial charge in [-0.3, -0.25) is 10.2 Å². The Hall–Kier alpha value is -1.43. The monoisotopic (exact) mass is 334 g/mol. The van der Waals surface area contributed by atoms with E-state index in [-0.39, 0.29) is 5.97 Å². The summed E-state index contributed by atoms with van der Waals surface area (Å²) in [6.07, 6.45) is 0.601. The van der Waals surface area contributed by atoms with Crippen molar-refractivity contribution in [3.05, 3.63) is 35.9 Å². The number of benzene rings is 1. The van der Waals surface area contributed by atoms with E-state index < -0.39 is 11.1 Å². The van der Waals surface area contributed by atoms with E-state index in [1.165, 1.54) is 5.56 Å². The number of carbonyl (C=O) groups excluding carboxylic acids is 1. The van der Waals surface area contributed by atoms with Crippen LogP contribution in [0, 0.1) is 0 Å². The molecule has 24 heavy (non-hydrogen) atoms. The number of ether oxygens (including phenoxy) is 2. The van der Waals surface area contributed by atoms with Gasteiger partial charge < -0.3 is 9.47 Å². The largest absolute Gasteiger partial charge is 0.459 e. The summed E-state index contributed by atoms with van der Waals surface area (Å²) >= 11 is 0. The Morgan fingerprint density at radius 1 is 1.29 bits per heavy atom. The molecular weight excluding hydrogens is 304 g/mol. The first-order valence-corrected chi connectivity index (χ1v) is 8.58. The number of rotatable bonds is 6. The summed E-state index contributed by atoms with van der Waals surface area (Å²) in [5.41, 5.74) is 0.0425. The van der Waals surface area contributed by atoms with Crippen molar-refractivity contribution in [2.45, 2.75) is 44.9 Å². The molecule has 2 rings (SSSR count). The Balaban J connectivity index is 2.12. The number of nitrogens with one attached hydrogen (secondary N) is 1. The maximum Gasteiger partial charge on any atom is 0.328 e. The summed E-state index contributed by atoms with van der Waals surface area (Å²) < 4.78 is 10.9. The van der Waals surface area contributed by atoms with Crippen LogP contribution < -0.4 is 5.32 Å². The van der Waals surface area contributed by atoms with E-state index in [0.717, 1.165) is 19.6 Å². The molecule has 1 atom stereocenters. The molecule has 0 bridgehead atoms. The molecule has 1 aliphatic rings. The molecule has 5 nitrogen and oxygen atoms in total. The molecule has 0 aliphatic carbocycles. The zero-order valence-electron chi connectivity index (χ0n) is 15.3. The highest BCUT2D eigenvalue weighted by Gasteiger charge is 2.44. The van der Waals surface area contributed by atoms with Gasteiger partial charge in [0.2, 0.25) is 0 Å². The third-order valence-electron chi connectivity index (χ3n) is 4.16. The lowest BCUT2D eigenvalue weighted by atomic mass is 9.91. The Morgan fingerprint density at radius 2 is 2.00 bits per heavy atom. The second kappa shape index (κ2) is 8.10. The lowest BCUT2D eigenvalue weighted by Crippen LogP contribution is -2.65. The molecule has 0 amide bonds. The molecular formula is C19H30N2O3. The predicted octanol–water partition coefficient (Wildman–Crippen LogP) is 2.21. The van der Waals surface area contributed by atoms with Crippen LogP contribution in [0.25, 0.3) is 0 Å². The number of esters is 1. The lowest BCUT2D eigenvalue weighted by Gasteiger charge is -2.43. The van der Waals surface area contributed by atoms with E-state index in [9.17, 15) is 4.79 Å². The van der Waals surface area contributed by atoms with Gasteiger partial charge in [0.25, 0.3) is 0 Å². The zero-order valence-corrected chi connectivity index (χ0v) is 15.3. The van der Waals surface area contributed by atoms with E-state index in [1.54, 1.807) is 7.11 Å². The quantitative estimate of drug-likeness (QED) is 0.809. The Kier molecular flexibility index (Phi) is 6.38. The fraction of sp³-hybridized carbons (Fsp3) is 0.632. The van der Waals surface area contributed by atoms with Crippen molar-refractivity contribution < 1.29 is 14.3 Å². The standard InChI is InChI=1S/C19H30N2O3/c1-18(2,3)24-17(22)19(10-13-23-4)15-21(12-11-20-19)14-16-8-6-5-7-9-16/h5-9,20H,10-15H2,1-4H3. The molecule has 0 aromatic heterocycles. The molecule has 0 radical (unpaired) electrons. The minimum Gasteiger partial charge on any atom is -0.459 e. The first-order valence-electron chi connectivity index (χ1n) is 8.58. The average Bonchev–Trinajstić information content (AvgIpc) is 2.52. The van der Waals surface area contributed by atoms with Crippen LogP contribution in [0.4, 0.5) is 0 Å². The van der Waals surface area contributed by atoms with Gasteiger partial charge in [0.1, 0.15) is 11.1 Å². The normalized spacial score (nSPS) is 22.3. The Bertz CT molecular complexity index is 527. The predicted molar refractivity (Wildman–Crippen MR) is 94.8 cm³/mol. The number of nitrogens with zero attached hydrogens (tertiary/aromatic N) is 1. The SMILES string of the molecule is COCCC1(C(=O)OC(C)(C)C)CN(Cc2ccccc2)CCN1. The first-order chi connectivity index (χ1) is 11.3. The van der Waals surface area contributed by atoms with E-state index in [1.807, 2.05) is 39.0 Å². The van der Waals surface area contributed by atoms with Gasteiger partial charge in [-0.05, 0) is 26.3 Å². The van der Waals surface area contributed by atoms with Gasteiger partial charge in [-0.2, -0.15) is 0 Å². The van der Waals surface area contributed by atoms with Crippen LogP contribution in [0.15, 0.2) is 30.3 Å². The van der Waals surface area contributed by atoms with Crippen LogP contribution in [0.3, 0.4) is 0 Å². The molecule has 5 heteroatoms. The van der Waals surface area contributed by atoms with Gasteiger partial charge in [0.05, 0.1) is 0 Å². The molecule has 1 aromatic rings. The van der Waals surface area contributed by atoms with Gasteiger partial charge in [-0.25, -0.2) is 4.79 Å². The highest BCUT2D eigenvalue weighted by molar-refractivity contribution is 5.81. The fourth-order valence-electron chi connectivity index (χ4n) is 3.00. The summed E-state index contributed by atoms with van der Waals surface area (Å²) in [6, 6.07) is 10.3. The summed E-state index contributed by atoms with van der Waals surface area (Å²) in [6.45, 7) is 9.35. The van der Waals surface area contributed by atoms with Gasteiger partial charge in [-0.1, -0.05) is 30.3 Å². The van der Waals surface area contributed by atoms with Crippen molar-refractivity contribution in [2.24, 2.45) is 0 Å². The van der Waals surface area contributed by atoms with Crippen LogP contribution in [-0.2, 0) is 20.8 Å². The topological polar surface area (TPSA) is 50.8 Å². The molecule has 134 valence electrons. The summed E-state index contributed by atoms with van der Waals surface area (Å²) in [7, 11) is 1.66. The van der Waals surface area contributed by atoms with Crippen molar-refractivity contribution in [1.82, 2.24) is 10.2 Å². The molecule has 1 unspecified atom stereocenters. The molecule has 1 saturated heterocycles. The van der Waals surface area contributed by atoms with E-state index >= 15 is 0 Å². The molecule has 1 N–H and O–H groups in total. The van der Waals surface area contributed by atoms with Crippen molar-refractivity contribution in [3.63, 3.8) is 0 Å². The number of carbonyl (C=O) groups is 1. The lowest BCUT2D eigenvalue weighted by molar-refractivity contribution is -0.166. The van der Waals surface area contributed by atoms with Crippen molar-refractivity contribution in [2.75, 3.05) is 33.4 Å². The van der Waals surface area contributed by atoms with Gasteiger partial charge >= 0.3 is 5.97 Å². The molecule has 0 saturated carbocycles. The second-order valence-corrected chi connectivity index (χ2v) is 7.45. The molecule has 1 heterocycles. The van der Waals surface area contributed by atoms with Crippen molar-refractivity contribution in [3.8, 4) is 0 Å². The maximum absolute atomic E-state index is 12.9. The van der Waals surface area contributed by atoms with Gasteiger partial charge in [0.15, 0.2) is 0 Å². The average molecular weight is 334 g/mol. The van der Waals surface area contributed by atoms with Crippen LogP contribution >= 0.6 is 0 Å². The minimum atomic E-state index is -0.712. The van der Waals surface area contributed by atoms with E-state index in [2.05, 4.69) is 22.3 Å². The van der Waals surface area contributed by atoms with Gasteiger partial charge in [0, 0.05) is 46.3 Å². The fourth-order valence-corrected chi connectivity index (χ4v) is 3.00. The number of hydrogen-bond acceptors (Lipinski definition) is 5. The third-order valence-corrected chi connectivity index (χ3v) is 4.16. The van der Waals surface area contributed by atoms with Crippen LogP contribution in [0.5, 0.6) is 0 Å². The summed E-state index contributed by atoms with van der Waals surface area (Å²) in [4.78, 5) is 15.2. The number of methoxy groups -OCH3 is 1. The van der Waals surface area contributed by atoms with Crippen LogP contribution in [-0.4, -0.2) is 55.4 Å². The van der Waals surface area contributed by atoms with Crippen molar-refractivity contribution >= 4 is 5.97 Å². The first kappa shape index (κ1) is 18.9.